The summed E-state index contributed by atoms with van der Waals surface area (Å²) in [5, 5.41) is 4.75. The second-order valence-electron chi connectivity index (χ2n) is 6.66. The van der Waals surface area contributed by atoms with Crippen LogP contribution >= 0.6 is 39.2 Å². The van der Waals surface area contributed by atoms with Crippen LogP contribution in [0.2, 0.25) is 0 Å². The second kappa shape index (κ2) is 8.63. The van der Waals surface area contributed by atoms with Crippen molar-refractivity contribution in [2.75, 3.05) is 10.2 Å². The van der Waals surface area contributed by atoms with Gasteiger partial charge in [-0.15, -0.1) is 11.3 Å². The fourth-order valence-electron chi connectivity index (χ4n) is 3.04. The normalized spacial score (nSPS) is 13.2. The minimum absolute atomic E-state index is 0.163. The van der Waals surface area contributed by atoms with E-state index >= 15 is 0 Å². The summed E-state index contributed by atoms with van der Waals surface area (Å²) in [6, 6.07) is 13.6. The van der Waals surface area contributed by atoms with E-state index in [9.17, 15) is 14.4 Å². The number of rotatable bonds is 4. The number of imide groups is 1. The Morgan fingerprint density at radius 1 is 1.13 bits per heavy atom. The molecular formula is C21H16BrN3O3S2. The number of hydrogen-bond donors (Lipinski definition) is 2. The van der Waals surface area contributed by atoms with Gasteiger partial charge >= 0.3 is 6.03 Å². The maximum atomic E-state index is 12.9. The Kier molecular flexibility index (Phi) is 5.94. The number of fused-ring (bicyclic) bond motifs is 1. The van der Waals surface area contributed by atoms with Gasteiger partial charge in [-0.05, 0) is 77.8 Å². The van der Waals surface area contributed by atoms with Crippen LogP contribution in [0.25, 0.3) is 0 Å². The van der Waals surface area contributed by atoms with Crippen LogP contribution in [0.15, 0.2) is 62.6 Å². The number of carbonyl (C=O) groups is 3. The Morgan fingerprint density at radius 3 is 2.60 bits per heavy atom. The molecule has 2 aromatic carbocycles. The minimum atomic E-state index is -0.359. The van der Waals surface area contributed by atoms with Crippen molar-refractivity contribution in [3.63, 3.8) is 0 Å². The van der Waals surface area contributed by atoms with E-state index in [0.29, 0.717) is 16.9 Å². The Labute approximate surface area is 189 Å². The first-order valence-corrected chi connectivity index (χ1v) is 11.4. The standard InChI is InChI=1S/C21H16BrN3O3S2/c1-12-8-19(29-11-12)30-24-21(28)23-15-4-6-16(7-5-15)25-18(26)9-13-2-3-14(22)10-17(13)20(25)27/h2-8,10-11H,9H2,1H3,(H2,23,24,28). The molecule has 3 aromatic rings. The molecule has 1 aliphatic heterocycles. The number of urea groups is 1. The van der Waals surface area contributed by atoms with Crippen molar-refractivity contribution in [3.05, 3.63) is 75.1 Å². The molecule has 30 heavy (non-hydrogen) atoms. The molecule has 4 rings (SSSR count). The highest BCUT2D eigenvalue weighted by Crippen LogP contribution is 2.28. The van der Waals surface area contributed by atoms with E-state index in [1.165, 1.54) is 16.8 Å². The molecular weight excluding hydrogens is 486 g/mol. The monoisotopic (exact) mass is 501 g/mol. The number of anilines is 2. The summed E-state index contributed by atoms with van der Waals surface area (Å²) in [6.07, 6.45) is 0.163. The second-order valence-corrected chi connectivity index (χ2v) is 9.59. The fourth-order valence-corrected chi connectivity index (χ4v) is 4.98. The molecule has 0 saturated carbocycles. The maximum Gasteiger partial charge on any atom is 0.329 e. The van der Waals surface area contributed by atoms with Crippen molar-refractivity contribution in [1.82, 2.24) is 4.72 Å². The number of benzene rings is 2. The zero-order chi connectivity index (χ0) is 21.3. The largest absolute Gasteiger partial charge is 0.329 e. The topological polar surface area (TPSA) is 78.5 Å². The summed E-state index contributed by atoms with van der Waals surface area (Å²) in [4.78, 5) is 38.7. The summed E-state index contributed by atoms with van der Waals surface area (Å²) in [5.41, 5.74) is 3.39. The summed E-state index contributed by atoms with van der Waals surface area (Å²) in [6.45, 7) is 2.00. The fraction of sp³-hybridized carbons (Fsp3) is 0.0952. The smallest absolute Gasteiger partial charge is 0.307 e. The number of hydrogen-bond acceptors (Lipinski definition) is 5. The van der Waals surface area contributed by atoms with Gasteiger partial charge in [-0.3, -0.25) is 14.3 Å². The molecule has 152 valence electrons. The highest BCUT2D eigenvalue weighted by atomic mass is 79.9. The van der Waals surface area contributed by atoms with Crippen molar-refractivity contribution in [1.29, 1.82) is 0 Å². The van der Waals surface area contributed by atoms with E-state index in [1.807, 2.05) is 24.4 Å². The average Bonchev–Trinajstić information content (AvgIpc) is 3.14. The van der Waals surface area contributed by atoms with Crippen molar-refractivity contribution in [2.45, 2.75) is 17.6 Å². The molecule has 1 aromatic heterocycles. The lowest BCUT2D eigenvalue weighted by atomic mass is 9.98. The van der Waals surface area contributed by atoms with Crippen LogP contribution in [0, 0.1) is 6.92 Å². The number of halogens is 1. The van der Waals surface area contributed by atoms with Crippen molar-refractivity contribution in [2.24, 2.45) is 0 Å². The predicted octanol–water partition coefficient (Wildman–Crippen LogP) is 5.38. The molecule has 2 heterocycles. The first-order valence-electron chi connectivity index (χ1n) is 8.95. The summed E-state index contributed by atoms with van der Waals surface area (Å²) in [7, 11) is 0. The molecule has 0 bridgehead atoms. The average molecular weight is 502 g/mol. The van der Waals surface area contributed by atoms with Crippen molar-refractivity contribution < 1.29 is 14.4 Å². The lowest BCUT2D eigenvalue weighted by Gasteiger charge is -2.27. The zero-order valence-corrected chi connectivity index (χ0v) is 19.0. The number of amides is 4. The van der Waals surface area contributed by atoms with Gasteiger partial charge in [0.05, 0.1) is 16.3 Å². The lowest BCUT2D eigenvalue weighted by molar-refractivity contribution is -0.117. The van der Waals surface area contributed by atoms with Gasteiger partial charge in [-0.2, -0.15) is 0 Å². The van der Waals surface area contributed by atoms with Gasteiger partial charge in [0, 0.05) is 15.7 Å². The number of nitrogens with one attached hydrogen (secondary N) is 2. The van der Waals surface area contributed by atoms with Crippen LogP contribution < -0.4 is 14.9 Å². The van der Waals surface area contributed by atoms with Crippen LogP contribution in [0.3, 0.4) is 0 Å². The Balaban J connectivity index is 1.43. The molecule has 2 N–H and O–H groups in total. The highest BCUT2D eigenvalue weighted by molar-refractivity contribution is 9.10. The molecule has 6 nitrogen and oxygen atoms in total. The van der Waals surface area contributed by atoms with Gasteiger partial charge in [0.25, 0.3) is 5.91 Å². The molecule has 4 amide bonds. The zero-order valence-electron chi connectivity index (χ0n) is 15.8. The van der Waals surface area contributed by atoms with Gasteiger partial charge < -0.3 is 5.32 Å². The van der Waals surface area contributed by atoms with E-state index in [4.69, 9.17) is 0 Å². The van der Waals surface area contributed by atoms with Crippen LogP contribution in [-0.4, -0.2) is 17.8 Å². The third kappa shape index (κ3) is 4.43. The van der Waals surface area contributed by atoms with Crippen molar-refractivity contribution >= 4 is 68.4 Å². The molecule has 0 fully saturated rings. The SMILES string of the molecule is Cc1csc(SNC(=O)Nc2ccc(N3C(=O)Cc4ccc(Br)cc4C3=O)cc2)c1. The van der Waals surface area contributed by atoms with Gasteiger partial charge in [-0.25, -0.2) is 9.69 Å². The van der Waals surface area contributed by atoms with Gasteiger partial charge in [-0.1, -0.05) is 22.0 Å². The number of aryl methyl sites for hydroxylation is 1. The molecule has 9 heteroatoms. The van der Waals surface area contributed by atoms with E-state index in [1.54, 1.807) is 47.7 Å². The Bertz CT molecular complexity index is 1140. The highest BCUT2D eigenvalue weighted by Gasteiger charge is 2.32. The third-order valence-electron chi connectivity index (χ3n) is 4.43. The Hall–Kier alpha value is -2.62. The number of nitrogens with zero attached hydrogens (tertiary/aromatic N) is 1. The number of carbonyl (C=O) groups excluding carboxylic acids is 3. The van der Waals surface area contributed by atoms with E-state index in [-0.39, 0.29) is 24.3 Å². The van der Waals surface area contributed by atoms with Crippen LogP contribution in [0.4, 0.5) is 16.2 Å². The number of thiophene rings is 1. The molecule has 0 spiro atoms. The van der Waals surface area contributed by atoms with Gasteiger partial charge in [0.2, 0.25) is 5.91 Å². The molecule has 0 atom stereocenters. The first-order chi connectivity index (χ1) is 14.4. The molecule has 1 aliphatic rings. The predicted molar refractivity (Wildman–Crippen MR) is 123 cm³/mol. The maximum absolute atomic E-state index is 12.9. The van der Waals surface area contributed by atoms with Crippen LogP contribution in [-0.2, 0) is 11.2 Å². The van der Waals surface area contributed by atoms with Crippen molar-refractivity contribution in [3.8, 4) is 0 Å². The third-order valence-corrected chi connectivity index (χ3v) is 6.91. The molecule has 0 aliphatic carbocycles. The van der Waals surface area contributed by atoms with Crippen LogP contribution in [0.5, 0.6) is 0 Å². The van der Waals surface area contributed by atoms with Gasteiger partial charge in [0.1, 0.15) is 0 Å². The summed E-state index contributed by atoms with van der Waals surface area (Å²) < 4.78 is 4.50. The molecule has 0 radical (unpaired) electrons. The Morgan fingerprint density at radius 2 is 1.90 bits per heavy atom. The summed E-state index contributed by atoms with van der Waals surface area (Å²) >= 11 is 6.17. The molecule has 0 saturated heterocycles. The van der Waals surface area contributed by atoms with E-state index in [0.717, 1.165) is 19.8 Å². The van der Waals surface area contributed by atoms with E-state index < -0.39 is 0 Å². The first kappa shape index (κ1) is 20.6. The van der Waals surface area contributed by atoms with E-state index in [2.05, 4.69) is 26.0 Å². The quantitative estimate of drug-likeness (QED) is 0.371. The lowest BCUT2D eigenvalue weighted by Crippen LogP contribution is -2.42. The van der Waals surface area contributed by atoms with Crippen LogP contribution in [0.1, 0.15) is 21.5 Å². The minimum Gasteiger partial charge on any atom is -0.307 e. The van der Waals surface area contributed by atoms with Gasteiger partial charge in [0.15, 0.2) is 0 Å². The molecule has 0 unspecified atom stereocenters. The summed E-state index contributed by atoms with van der Waals surface area (Å²) in [5.74, 6) is -0.639.